The van der Waals surface area contributed by atoms with Crippen molar-refractivity contribution in [3.8, 4) is 5.75 Å². The standard InChI is InChI=1S/C22H18N4O/c23-22(24)26(15-3-5-17(27)6-4-15)16-11-14-2-8-19-18(20(14)12-16)7-1-13-9-10-25-21(13)19/h1-11,25,27H,12H2,(H3,23,24). The average molecular weight is 354 g/mol. The van der Waals surface area contributed by atoms with Gasteiger partial charge in [0, 0.05) is 34.8 Å². The molecule has 5 heteroatoms. The maximum absolute atomic E-state index is 9.55. The second-order valence-electron chi connectivity index (χ2n) is 6.79. The van der Waals surface area contributed by atoms with Crippen LogP contribution in [0.2, 0.25) is 0 Å². The van der Waals surface area contributed by atoms with E-state index in [0.29, 0.717) is 6.42 Å². The molecule has 0 radical (unpaired) electrons. The normalized spacial score (nSPS) is 13.0. The molecule has 5 N–H and O–H groups in total. The number of aromatic nitrogens is 1. The number of phenolic OH excluding ortho intramolecular Hbond substituents is 1. The van der Waals surface area contributed by atoms with Gasteiger partial charge in [0.2, 0.25) is 0 Å². The number of nitrogens with zero attached hydrogens (tertiary/aromatic N) is 1. The number of aromatic hydroxyl groups is 1. The van der Waals surface area contributed by atoms with Gasteiger partial charge < -0.3 is 15.8 Å². The fourth-order valence-corrected chi connectivity index (χ4v) is 3.97. The first kappa shape index (κ1) is 15.5. The van der Waals surface area contributed by atoms with Crippen molar-refractivity contribution >= 4 is 39.4 Å². The molecule has 1 aliphatic carbocycles. The summed E-state index contributed by atoms with van der Waals surface area (Å²) in [5.41, 5.74) is 11.1. The molecule has 0 fully saturated rings. The SMILES string of the molecule is N=C(N)N(C1=Cc2ccc3c(ccc4cc[nH]c43)c2C1)c1ccc(O)cc1. The fourth-order valence-electron chi connectivity index (χ4n) is 3.97. The summed E-state index contributed by atoms with van der Waals surface area (Å²) in [7, 11) is 0. The summed E-state index contributed by atoms with van der Waals surface area (Å²) in [4.78, 5) is 5.05. The minimum absolute atomic E-state index is 0.0455. The van der Waals surface area contributed by atoms with E-state index in [1.54, 1.807) is 29.2 Å². The number of fused-ring (bicyclic) bond motifs is 5. The molecule has 4 aromatic rings. The third kappa shape index (κ3) is 2.36. The lowest BCUT2D eigenvalue weighted by atomic mass is 9.98. The van der Waals surface area contributed by atoms with Crippen molar-refractivity contribution in [3.05, 3.63) is 77.6 Å². The van der Waals surface area contributed by atoms with Crippen molar-refractivity contribution in [3.63, 3.8) is 0 Å². The Balaban J connectivity index is 1.61. The van der Waals surface area contributed by atoms with E-state index in [1.165, 1.54) is 21.7 Å². The molecule has 0 aliphatic heterocycles. The molecule has 0 unspecified atom stereocenters. The van der Waals surface area contributed by atoms with Crippen molar-refractivity contribution in [1.29, 1.82) is 5.41 Å². The lowest BCUT2D eigenvalue weighted by Gasteiger charge is -2.24. The highest BCUT2D eigenvalue weighted by molar-refractivity contribution is 6.08. The molecule has 0 atom stereocenters. The van der Waals surface area contributed by atoms with Gasteiger partial charge in [0.25, 0.3) is 0 Å². The Labute approximate surface area is 155 Å². The molecular formula is C22H18N4O. The second-order valence-corrected chi connectivity index (χ2v) is 6.79. The molecule has 0 spiro atoms. The van der Waals surface area contributed by atoms with Crippen LogP contribution in [0.1, 0.15) is 11.1 Å². The Bertz CT molecular complexity index is 1230. The number of nitrogens with one attached hydrogen (secondary N) is 2. The first-order valence-corrected chi connectivity index (χ1v) is 8.77. The smallest absolute Gasteiger partial charge is 0.197 e. The largest absolute Gasteiger partial charge is 0.508 e. The molecule has 3 aromatic carbocycles. The number of H-pyrrole nitrogens is 1. The quantitative estimate of drug-likeness (QED) is 0.319. The summed E-state index contributed by atoms with van der Waals surface area (Å²) >= 11 is 0. The van der Waals surface area contributed by atoms with E-state index in [-0.39, 0.29) is 11.7 Å². The first-order chi connectivity index (χ1) is 13.1. The zero-order valence-corrected chi connectivity index (χ0v) is 14.5. The van der Waals surface area contributed by atoms with Crippen molar-refractivity contribution in [2.24, 2.45) is 5.73 Å². The van der Waals surface area contributed by atoms with Crippen LogP contribution in [-0.2, 0) is 6.42 Å². The number of nitrogens with two attached hydrogens (primary N) is 1. The van der Waals surface area contributed by atoms with Crippen LogP contribution < -0.4 is 10.6 Å². The van der Waals surface area contributed by atoms with E-state index in [4.69, 9.17) is 11.1 Å². The van der Waals surface area contributed by atoms with Crippen molar-refractivity contribution in [2.75, 3.05) is 4.90 Å². The molecular weight excluding hydrogens is 336 g/mol. The molecule has 0 bridgehead atoms. The minimum atomic E-state index is -0.0455. The number of phenols is 1. The Morgan fingerprint density at radius 2 is 1.78 bits per heavy atom. The molecule has 132 valence electrons. The van der Waals surface area contributed by atoms with E-state index in [1.807, 2.05) is 6.20 Å². The summed E-state index contributed by atoms with van der Waals surface area (Å²) < 4.78 is 0. The van der Waals surface area contributed by atoms with Gasteiger partial charge in [-0.05, 0) is 52.9 Å². The fraction of sp³-hybridized carbons (Fsp3) is 0.0455. The highest BCUT2D eigenvalue weighted by atomic mass is 16.3. The maximum Gasteiger partial charge on any atom is 0.197 e. The van der Waals surface area contributed by atoms with Gasteiger partial charge in [-0.3, -0.25) is 10.3 Å². The number of allylic oxidation sites excluding steroid dienone is 1. The summed E-state index contributed by atoms with van der Waals surface area (Å²) in [6.45, 7) is 0. The number of anilines is 1. The van der Waals surface area contributed by atoms with Gasteiger partial charge in [0.1, 0.15) is 5.75 Å². The minimum Gasteiger partial charge on any atom is -0.508 e. The third-order valence-electron chi connectivity index (χ3n) is 5.19. The molecule has 0 amide bonds. The second kappa shape index (κ2) is 5.64. The van der Waals surface area contributed by atoms with Crippen LogP contribution in [0.25, 0.3) is 27.8 Å². The lowest BCUT2D eigenvalue weighted by Crippen LogP contribution is -2.35. The summed E-state index contributed by atoms with van der Waals surface area (Å²) in [5.74, 6) is 0.141. The predicted molar refractivity (Wildman–Crippen MR) is 110 cm³/mol. The molecule has 0 saturated carbocycles. The summed E-state index contributed by atoms with van der Waals surface area (Å²) in [6, 6.07) is 17.4. The number of aromatic amines is 1. The van der Waals surface area contributed by atoms with Crippen LogP contribution in [0.3, 0.4) is 0 Å². The molecule has 27 heavy (non-hydrogen) atoms. The number of benzene rings is 3. The van der Waals surface area contributed by atoms with Crippen molar-refractivity contribution in [1.82, 2.24) is 4.98 Å². The Kier molecular flexibility index (Phi) is 3.24. The number of guanidine groups is 1. The molecule has 1 aromatic heterocycles. The van der Waals surface area contributed by atoms with Gasteiger partial charge in [-0.25, -0.2) is 0 Å². The van der Waals surface area contributed by atoms with Gasteiger partial charge in [-0.2, -0.15) is 0 Å². The Morgan fingerprint density at radius 3 is 2.56 bits per heavy atom. The number of hydrogen-bond donors (Lipinski definition) is 4. The molecule has 5 rings (SSSR count). The number of rotatable bonds is 2. The Morgan fingerprint density at radius 1 is 1.00 bits per heavy atom. The van der Waals surface area contributed by atoms with Gasteiger partial charge >= 0.3 is 0 Å². The summed E-state index contributed by atoms with van der Waals surface area (Å²) in [5, 5.41) is 21.2. The van der Waals surface area contributed by atoms with Gasteiger partial charge in [-0.1, -0.05) is 24.3 Å². The van der Waals surface area contributed by atoms with E-state index in [2.05, 4.69) is 41.4 Å². The molecule has 1 heterocycles. The highest BCUT2D eigenvalue weighted by Gasteiger charge is 2.23. The van der Waals surface area contributed by atoms with E-state index in [0.717, 1.165) is 22.5 Å². The zero-order valence-electron chi connectivity index (χ0n) is 14.5. The summed E-state index contributed by atoms with van der Waals surface area (Å²) in [6.07, 6.45) is 4.74. The van der Waals surface area contributed by atoms with Crippen LogP contribution in [0.15, 0.2) is 66.5 Å². The van der Waals surface area contributed by atoms with Gasteiger partial charge in [0.05, 0.1) is 5.52 Å². The average Bonchev–Trinajstić information content (AvgIpc) is 3.29. The van der Waals surface area contributed by atoms with Gasteiger partial charge in [-0.15, -0.1) is 0 Å². The molecule has 0 saturated heterocycles. The van der Waals surface area contributed by atoms with E-state index in [9.17, 15) is 5.11 Å². The number of hydrogen-bond acceptors (Lipinski definition) is 2. The van der Waals surface area contributed by atoms with Gasteiger partial charge in [0.15, 0.2) is 5.96 Å². The van der Waals surface area contributed by atoms with Crippen LogP contribution in [0, 0.1) is 5.41 Å². The predicted octanol–water partition coefficient (Wildman–Crippen LogP) is 4.32. The monoisotopic (exact) mass is 354 g/mol. The van der Waals surface area contributed by atoms with E-state index < -0.39 is 0 Å². The van der Waals surface area contributed by atoms with E-state index >= 15 is 0 Å². The van der Waals surface area contributed by atoms with Crippen molar-refractivity contribution in [2.45, 2.75) is 6.42 Å². The van der Waals surface area contributed by atoms with Crippen LogP contribution in [0.4, 0.5) is 5.69 Å². The van der Waals surface area contributed by atoms with Crippen LogP contribution in [0.5, 0.6) is 5.75 Å². The van der Waals surface area contributed by atoms with Crippen molar-refractivity contribution < 1.29 is 5.11 Å². The molecule has 1 aliphatic rings. The topological polar surface area (TPSA) is 89.1 Å². The van der Waals surface area contributed by atoms with Crippen LogP contribution >= 0.6 is 0 Å². The lowest BCUT2D eigenvalue weighted by molar-refractivity contribution is 0.475. The Hall–Kier alpha value is -3.73. The first-order valence-electron chi connectivity index (χ1n) is 8.77. The maximum atomic E-state index is 9.55. The molecule has 5 nitrogen and oxygen atoms in total. The highest BCUT2D eigenvalue weighted by Crippen LogP contribution is 2.37. The zero-order chi connectivity index (χ0) is 18.5. The third-order valence-corrected chi connectivity index (χ3v) is 5.19. The van der Waals surface area contributed by atoms with Crippen LogP contribution in [-0.4, -0.2) is 16.1 Å².